The molecule has 0 aliphatic rings. The van der Waals surface area contributed by atoms with Crippen LogP contribution in [-0.2, 0) is 19.6 Å². The quantitative estimate of drug-likeness (QED) is 0.365. The number of hydrogen-bond acceptors (Lipinski definition) is 5. The molecule has 0 radical (unpaired) electrons. The second-order valence-corrected chi connectivity index (χ2v) is 4.16. The second-order valence-electron chi connectivity index (χ2n) is 2.66. The molecule has 7 heteroatoms. The summed E-state index contributed by atoms with van der Waals surface area (Å²) in [6.45, 7) is 4.43. The van der Waals surface area contributed by atoms with Crippen molar-refractivity contribution < 1.29 is 27.6 Å². The topological polar surface area (TPSA) is 101 Å². The van der Waals surface area contributed by atoms with Crippen LogP contribution in [0.5, 0.6) is 0 Å². The molecule has 0 aromatic rings. The predicted octanol–water partition coefficient (Wildman–Crippen LogP) is -0.647. The first-order chi connectivity index (χ1) is 6.26. The van der Waals surface area contributed by atoms with Crippen molar-refractivity contribution in [1.82, 2.24) is 0 Å². The maximum atomic E-state index is 10.6. The van der Waals surface area contributed by atoms with Crippen molar-refractivity contribution in [3.8, 4) is 0 Å². The van der Waals surface area contributed by atoms with E-state index < -0.39 is 34.0 Å². The molecule has 6 nitrogen and oxygen atoms in total. The number of aliphatic hydroxyl groups excluding tert-OH is 1. The summed E-state index contributed by atoms with van der Waals surface area (Å²) in [5.41, 5.74) is 0. The number of rotatable bonds is 5. The molecule has 14 heavy (non-hydrogen) atoms. The SMILES string of the molecule is C=CC(=O)OC(C)C(O)CS(=O)(=O)O. The summed E-state index contributed by atoms with van der Waals surface area (Å²) in [5, 5.41) is 9.15. The van der Waals surface area contributed by atoms with E-state index in [1.807, 2.05) is 0 Å². The van der Waals surface area contributed by atoms with Crippen LogP contribution >= 0.6 is 0 Å². The van der Waals surface area contributed by atoms with Gasteiger partial charge in [-0.15, -0.1) is 0 Å². The van der Waals surface area contributed by atoms with Gasteiger partial charge in [-0.1, -0.05) is 6.58 Å². The molecule has 0 aromatic carbocycles. The highest BCUT2D eigenvalue weighted by molar-refractivity contribution is 7.85. The average Bonchev–Trinajstić information content (AvgIpc) is 2.00. The molecular formula is C7H12O6S. The van der Waals surface area contributed by atoms with Crippen LogP contribution in [0.4, 0.5) is 0 Å². The summed E-state index contributed by atoms with van der Waals surface area (Å²) in [6.07, 6.45) is -1.60. The van der Waals surface area contributed by atoms with Gasteiger partial charge >= 0.3 is 5.97 Å². The molecule has 0 rings (SSSR count). The van der Waals surface area contributed by atoms with Crippen molar-refractivity contribution >= 4 is 16.1 Å². The van der Waals surface area contributed by atoms with E-state index in [9.17, 15) is 13.2 Å². The van der Waals surface area contributed by atoms with Crippen LogP contribution in [0.1, 0.15) is 6.92 Å². The van der Waals surface area contributed by atoms with Gasteiger partial charge in [0.2, 0.25) is 0 Å². The molecular weight excluding hydrogens is 212 g/mol. The van der Waals surface area contributed by atoms with Gasteiger partial charge in [-0.3, -0.25) is 4.55 Å². The smallest absolute Gasteiger partial charge is 0.330 e. The Bertz CT molecular complexity index is 306. The Balaban J connectivity index is 4.19. The van der Waals surface area contributed by atoms with Crippen molar-refractivity contribution in [1.29, 1.82) is 0 Å². The van der Waals surface area contributed by atoms with E-state index in [-0.39, 0.29) is 0 Å². The molecule has 2 unspecified atom stereocenters. The van der Waals surface area contributed by atoms with Crippen molar-refractivity contribution in [3.63, 3.8) is 0 Å². The number of carbonyl (C=O) groups is 1. The zero-order valence-electron chi connectivity index (χ0n) is 7.58. The zero-order chi connectivity index (χ0) is 11.4. The fourth-order valence-corrected chi connectivity index (χ4v) is 1.36. The van der Waals surface area contributed by atoms with E-state index in [4.69, 9.17) is 9.66 Å². The number of esters is 1. The number of ether oxygens (including phenoxy) is 1. The summed E-state index contributed by atoms with van der Waals surface area (Å²) >= 11 is 0. The van der Waals surface area contributed by atoms with Gasteiger partial charge in [-0.2, -0.15) is 8.42 Å². The first-order valence-corrected chi connectivity index (χ1v) is 5.33. The maximum absolute atomic E-state index is 10.6. The fourth-order valence-electron chi connectivity index (χ4n) is 0.661. The van der Waals surface area contributed by atoms with Gasteiger partial charge in [0, 0.05) is 6.08 Å². The molecule has 2 N–H and O–H groups in total. The Labute approximate surface area is 81.9 Å². The minimum atomic E-state index is -4.28. The summed E-state index contributed by atoms with van der Waals surface area (Å²) < 4.78 is 33.6. The second kappa shape index (κ2) is 5.08. The van der Waals surface area contributed by atoms with Crippen molar-refractivity contribution in [3.05, 3.63) is 12.7 Å². The van der Waals surface area contributed by atoms with E-state index in [0.29, 0.717) is 0 Å². The van der Waals surface area contributed by atoms with Gasteiger partial charge in [0.15, 0.2) is 0 Å². The van der Waals surface area contributed by atoms with Crippen LogP contribution in [0, 0.1) is 0 Å². The molecule has 0 heterocycles. The van der Waals surface area contributed by atoms with Crippen molar-refractivity contribution in [2.75, 3.05) is 5.75 Å². The van der Waals surface area contributed by atoms with Gasteiger partial charge in [-0.05, 0) is 6.92 Å². The molecule has 0 aliphatic heterocycles. The highest BCUT2D eigenvalue weighted by atomic mass is 32.2. The summed E-state index contributed by atoms with van der Waals surface area (Å²) in [7, 11) is -4.28. The van der Waals surface area contributed by atoms with Gasteiger partial charge in [0.05, 0.1) is 0 Å². The van der Waals surface area contributed by atoms with Gasteiger partial charge in [-0.25, -0.2) is 4.79 Å². The van der Waals surface area contributed by atoms with E-state index in [1.54, 1.807) is 0 Å². The van der Waals surface area contributed by atoms with Gasteiger partial charge in [0.1, 0.15) is 18.0 Å². The Morgan fingerprint density at radius 2 is 2.14 bits per heavy atom. The lowest BCUT2D eigenvalue weighted by atomic mass is 10.2. The van der Waals surface area contributed by atoms with Crippen LogP contribution in [0.15, 0.2) is 12.7 Å². The lowest BCUT2D eigenvalue weighted by Crippen LogP contribution is -2.34. The Hall–Kier alpha value is -0.920. The van der Waals surface area contributed by atoms with E-state index in [2.05, 4.69) is 11.3 Å². The fraction of sp³-hybridized carbons (Fsp3) is 0.571. The van der Waals surface area contributed by atoms with E-state index in [1.165, 1.54) is 6.92 Å². The highest BCUT2D eigenvalue weighted by Crippen LogP contribution is 2.02. The molecule has 0 amide bonds. The number of aliphatic hydroxyl groups is 1. The third-order valence-electron chi connectivity index (χ3n) is 1.39. The van der Waals surface area contributed by atoms with E-state index in [0.717, 1.165) is 6.08 Å². The zero-order valence-corrected chi connectivity index (χ0v) is 8.40. The molecule has 0 saturated carbocycles. The first-order valence-electron chi connectivity index (χ1n) is 3.72. The molecule has 0 aliphatic carbocycles. The minimum Gasteiger partial charge on any atom is -0.457 e. The third-order valence-corrected chi connectivity index (χ3v) is 2.15. The maximum Gasteiger partial charge on any atom is 0.330 e. The van der Waals surface area contributed by atoms with Crippen LogP contribution in [0.2, 0.25) is 0 Å². The molecule has 0 saturated heterocycles. The summed E-state index contributed by atoms with van der Waals surface area (Å²) in [6, 6.07) is 0. The highest BCUT2D eigenvalue weighted by Gasteiger charge is 2.22. The van der Waals surface area contributed by atoms with Crippen LogP contribution in [0.3, 0.4) is 0 Å². The van der Waals surface area contributed by atoms with Crippen LogP contribution in [-0.4, -0.2) is 42.0 Å². The molecule has 0 fully saturated rings. The summed E-state index contributed by atoms with van der Waals surface area (Å²) in [5.74, 6) is -1.65. The van der Waals surface area contributed by atoms with Crippen LogP contribution < -0.4 is 0 Å². The largest absolute Gasteiger partial charge is 0.457 e. The molecule has 82 valence electrons. The Morgan fingerprint density at radius 3 is 2.50 bits per heavy atom. The Kier molecular flexibility index (Phi) is 4.75. The first kappa shape index (κ1) is 13.1. The van der Waals surface area contributed by atoms with Crippen molar-refractivity contribution in [2.45, 2.75) is 19.1 Å². The number of hydrogen-bond donors (Lipinski definition) is 2. The number of carbonyl (C=O) groups excluding carboxylic acids is 1. The molecule has 2 atom stereocenters. The van der Waals surface area contributed by atoms with Crippen LogP contribution in [0.25, 0.3) is 0 Å². The van der Waals surface area contributed by atoms with Crippen molar-refractivity contribution in [2.24, 2.45) is 0 Å². The summed E-state index contributed by atoms with van der Waals surface area (Å²) in [4.78, 5) is 10.6. The van der Waals surface area contributed by atoms with Gasteiger partial charge < -0.3 is 9.84 Å². The molecule has 0 aromatic heterocycles. The molecule has 0 spiro atoms. The molecule has 0 bridgehead atoms. The monoisotopic (exact) mass is 224 g/mol. The standard InChI is InChI=1S/C7H12O6S/c1-3-7(9)13-5(2)6(8)4-14(10,11)12/h3,5-6,8H,1,4H2,2H3,(H,10,11,12). The van der Waals surface area contributed by atoms with E-state index >= 15 is 0 Å². The predicted molar refractivity (Wildman–Crippen MR) is 48.2 cm³/mol. The Morgan fingerprint density at radius 1 is 1.64 bits per heavy atom. The lowest BCUT2D eigenvalue weighted by molar-refractivity contribution is -0.146. The minimum absolute atomic E-state index is 0.771. The third kappa shape index (κ3) is 5.68. The average molecular weight is 224 g/mol. The van der Waals surface area contributed by atoms with Gasteiger partial charge in [0.25, 0.3) is 10.1 Å². The lowest BCUT2D eigenvalue weighted by Gasteiger charge is -2.16. The normalized spacial score (nSPS) is 15.6.